The molecule has 1 aliphatic heterocycles. The van der Waals surface area contributed by atoms with Crippen LogP contribution in [0.4, 0.5) is 0 Å². The third-order valence-corrected chi connectivity index (χ3v) is 4.03. The van der Waals surface area contributed by atoms with Gasteiger partial charge in [0.1, 0.15) is 11.9 Å². The monoisotopic (exact) mass is 270 g/mol. The van der Waals surface area contributed by atoms with Gasteiger partial charge in [-0.3, -0.25) is 0 Å². The topological polar surface area (TPSA) is 54.5 Å². The molecule has 5 heteroatoms. The summed E-state index contributed by atoms with van der Waals surface area (Å²) in [6.45, 7) is 0.917. The van der Waals surface area contributed by atoms with Crippen molar-refractivity contribution in [1.29, 1.82) is 5.26 Å². The number of fused-ring (bicyclic) bond motifs is 1. The standard InChI is InChI=1S/C14H14N4S/c15-9-12(8-11-5-7-19-10-11)14-17-16-13-4-2-1-3-6-18(13)14/h5,7-8,10H,1-4,6H2. The maximum absolute atomic E-state index is 9.37. The van der Waals surface area contributed by atoms with Crippen LogP contribution in [-0.4, -0.2) is 14.8 Å². The molecule has 0 spiro atoms. The SMILES string of the molecule is N#CC(=Cc1ccsc1)c1nnc2n1CCCCC2. The van der Waals surface area contributed by atoms with Crippen LogP contribution in [-0.2, 0) is 13.0 Å². The van der Waals surface area contributed by atoms with Gasteiger partial charge < -0.3 is 4.57 Å². The first-order valence-corrected chi connectivity index (χ1v) is 7.39. The van der Waals surface area contributed by atoms with Gasteiger partial charge in [-0.15, -0.1) is 10.2 Å². The number of aryl methyl sites for hydroxylation is 1. The van der Waals surface area contributed by atoms with Gasteiger partial charge in [0, 0.05) is 13.0 Å². The van der Waals surface area contributed by atoms with Crippen molar-refractivity contribution in [3.05, 3.63) is 34.0 Å². The van der Waals surface area contributed by atoms with E-state index in [2.05, 4.69) is 20.8 Å². The van der Waals surface area contributed by atoms with Crippen LogP contribution < -0.4 is 0 Å². The van der Waals surface area contributed by atoms with E-state index >= 15 is 0 Å². The van der Waals surface area contributed by atoms with E-state index in [1.165, 1.54) is 6.42 Å². The van der Waals surface area contributed by atoms with Gasteiger partial charge in [0.25, 0.3) is 0 Å². The van der Waals surface area contributed by atoms with Gasteiger partial charge in [0.2, 0.25) is 0 Å². The number of allylic oxidation sites excluding steroid dienone is 1. The Bertz CT molecular complexity index is 631. The molecule has 0 fully saturated rings. The van der Waals surface area contributed by atoms with Crippen molar-refractivity contribution in [3.8, 4) is 6.07 Å². The second-order valence-electron chi connectivity index (χ2n) is 4.63. The molecule has 0 aromatic carbocycles. The maximum Gasteiger partial charge on any atom is 0.174 e. The summed E-state index contributed by atoms with van der Waals surface area (Å²) in [5, 5.41) is 21.9. The Morgan fingerprint density at radius 1 is 1.37 bits per heavy atom. The zero-order chi connectivity index (χ0) is 13.1. The smallest absolute Gasteiger partial charge is 0.174 e. The number of nitriles is 1. The lowest BCUT2D eigenvalue weighted by molar-refractivity contribution is 0.627. The third kappa shape index (κ3) is 2.45. The molecule has 4 nitrogen and oxygen atoms in total. The highest BCUT2D eigenvalue weighted by Crippen LogP contribution is 2.21. The average Bonchev–Trinajstić information content (AvgIpc) is 3.01. The number of hydrogen-bond acceptors (Lipinski definition) is 4. The first-order chi connectivity index (χ1) is 9.38. The molecule has 2 aromatic rings. The van der Waals surface area contributed by atoms with E-state index < -0.39 is 0 Å². The molecule has 0 amide bonds. The van der Waals surface area contributed by atoms with Gasteiger partial charge in [0.15, 0.2) is 5.82 Å². The number of thiophene rings is 1. The largest absolute Gasteiger partial charge is 0.310 e. The zero-order valence-electron chi connectivity index (χ0n) is 10.5. The summed E-state index contributed by atoms with van der Waals surface area (Å²) in [5.41, 5.74) is 1.64. The van der Waals surface area contributed by atoms with Crippen molar-refractivity contribution < 1.29 is 0 Å². The van der Waals surface area contributed by atoms with Crippen LogP contribution in [0.2, 0.25) is 0 Å². The minimum atomic E-state index is 0.596. The van der Waals surface area contributed by atoms with Crippen molar-refractivity contribution in [2.45, 2.75) is 32.2 Å². The van der Waals surface area contributed by atoms with E-state index in [4.69, 9.17) is 0 Å². The van der Waals surface area contributed by atoms with Gasteiger partial charge in [-0.25, -0.2) is 0 Å². The molecular formula is C14H14N4S. The Hall–Kier alpha value is -1.93. The van der Waals surface area contributed by atoms with Crippen LogP contribution in [0, 0.1) is 11.3 Å². The third-order valence-electron chi connectivity index (χ3n) is 3.33. The van der Waals surface area contributed by atoms with Crippen LogP contribution in [0.1, 0.15) is 36.5 Å². The molecule has 0 unspecified atom stereocenters. The lowest BCUT2D eigenvalue weighted by Crippen LogP contribution is -2.05. The van der Waals surface area contributed by atoms with Crippen molar-refractivity contribution in [2.75, 3.05) is 0 Å². The first kappa shape index (κ1) is 12.1. The molecule has 0 atom stereocenters. The van der Waals surface area contributed by atoms with Crippen LogP contribution in [0.5, 0.6) is 0 Å². The fourth-order valence-corrected chi connectivity index (χ4v) is 2.97. The van der Waals surface area contributed by atoms with Gasteiger partial charge in [-0.05, 0) is 41.3 Å². The number of hydrogen-bond donors (Lipinski definition) is 0. The summed E-state index contributed by atoms with van der Waals surface area (Å²) in [7, 11) is 0. The second-order valence-corrected chi connectivity index (χ2v) is 5.41. The van der Waals surface area contributed by atoms with E-state index in [9.17, 15) is 5.26 Å². The molecule has 96 valence electrons. The molecule has 19 heavy (non-hydrogen) atoms. The van der Waals surface area contributed by atoms with Crippen LogP contribution in [0.15, 0.2) is 16.8 Å². The molecule has 1 aliphatic rings. The Morgan fingerprint density at radius 2 is 2.32 bits per heavy atom. The van der Waals surface area contributed by atoms with Gasteiger partial charge >= 0.3 is 0 Å². The molecular weight excluding hydrogens is 256 g/mol. The quantitative estimate of drug-likeness (QED) is 0.788. The number of aromatic nitrogens is 3. The fraction of sp³-hybridized carbons (Fsp3) is 0.357. The predicted octanol–water partition coefficient (Wildman–Crippen LogP) is 3.13. The summed E-state index contributed by atoms with van der Waals surface area (Å²) in [6, 6.07) is 4.26. The van der Waals surface area contributed by atoms with Crippen molar-refractivity contribution in [1.82, 2.24) is 14.8 Å². The van der Waals surface area contributed by atoms with Crippen LogP contribution in [0.3, 0.4) is 0 Å². The summed E-state index contributed by atoms with van der Waals surface area (Å²) < 4.78 is 2.11. The Balaban J connectivity index is 2.01. The average molecular weight is 270 g/mol. The van der Waals surface area contributed by atoms with Gasteiger partial charge in [-0.1, -0.05) is 6.42 Å². The predicted molar refractivity (Wildman–Crippen MR) is 75.4 cm³/mol. The molecule has 0 aliphatic carbocycles. The summed E-state index contributed by atoms with van der Waals surface area (Å²) in [4.78, 5) is 0. The second kappa shape index (κ2) is 5.37. The van der Waals surface area contributed by atoms with Crippen molar-refractivity contribution in [3.63, 3.8) is 0 Å². The van der Waals surface area contributed by atoms with E-state index in [1.807, 2.05) is 22.9 Å². The van der Waals surface area contributed by atoms with Crippen LogP contribution in [0.25, 0.3) is 11.6 Å². The number of rotatable bonds is 2. The highest BCUT2D eigenvalue weighted by molar-refractivity contribution is 7.08. The molecule has 0 saturated heterocycles. The van der Waals surface area contributed by atoms with Crippen molar-refractivity contribution in [2.24, 2.45) is 0 Å². The minimum absolute atomic E-state index is 0.596. The highest BCUT2D eigenvalue weighted by Gasteiger charge is 2.17. The Kier molecular flexibility index (Phi) is 3.43. The normalized spacial score (nSPS) is 15.6. The first-order valence-electron chi connectivity index (χ1n) is 6.45. The molecule has 3 rings (SSSR count). The summed E-state index contributed by atoms with van der Waals surface area (Å²) in [6.07, 6.45) is 6.37. The Labute approximate surface area is 116 Å². The lowest BCUT2D eigenvalue weighted by Gasteiger charge is -2.05. The molecule has 0 radical (unpaired) electrons. The summed E-state index contributed by atoms with van der Waals surface area (Å²) >= 11 is 1.62. The number of nitrogens with zero attached hydrogens (tertiary/aromatic N) is 4. The Morgan fingerprint density at radius 3 is 3.11 bits per heavy atom. The van der Waals surface area contributed by atoms with E-state index in [0.717, 1.165) is 37.2 Å². The lowest BCUT2D eigenvalue weighted by atomic mass is 10.2. The molecule has 2 aromatic heterocycles. The zero-order valence-corrected chi connectivity index (χ0v) is 11.4. The fourth-order valence-electron chi connectivity index (χ4n) is 2.35. The minimum Gasteiger partial charge on any atom is -0.310 e. The maximum atomic E-state index is 9.37. The molecule has 3 heterocycles. The van der Waals surface area contributed by atoms with Crippen molar-refractivity contribution >= 4 is 23.0 Å². The molecule has 0 saturated carbocycles. The molecule has 0 N–H and O–H groups in total. The summed E-state index contributed by atoms with van der Waals surface area (Å²) in [5.74, 6) is 1.73. The van der Waals surface area contributed by atoms with Crippen LogP contribution >= 0.6 is 11.3 Å². The van der Waals surface area contributed by atoms with E-state index in [0.29, 0.717) is 11.4 Å². The van der Waals surface area contributed by atoms with Gasteiger partial charge in [-0.2, -0.15) is 16.6 Å². The van der Waals surface area contributed by atoms with E-state index in [-0.39, 0.29) is 0 Å². The van der Waals surface area contributed by atoms with E-state index in [1.54, 1.807) is 11.3 Å². The molecule has 0 bridgehead atoms. The highest BCUT2D eigenvalue weighted by atomic mass is 32.1. The van der Waals surface area contributed by atoms with Gasteiger partial charge in [0.05, 0.1) is 5.57 Å².